The van der Waals surface area contributed by atoms with Crippen LogP contribution in [0.25, 0.3) is 5.65 Å². The smallest absolute Gasteiger partial charge is 0.265 e. The Morgan fingerprint density at radius 3 is 2.85 bits per heavy atom. The maximum Gasteiger partial charge on any atom is 0.265 e. The minimum Gasteiger partial charge on any atom is -0.497 e. The highest BCUT2D eigenvalue weighted by Gasteiger charge is 2.11. The van der Waals surface area contributed by atoms with Crippen molar-refractivity contribution in [1.82, 2.24) is 14.4 Å². The number of methoxy groups -OCH3 is 1. The lowest BCUT2D eigenvalue weighted by Gasteiger charge is -2.09. The second-order valence-electron chi connectivity index (χ2n) is 3.93. The Labute approximate surface area is 131 Å². The number of aromatic nitrogens is 3. The van der Waals surface area contributed by atoms with Gasteiger partial charge >= 0.3 is 0 Å². The van der Waals surface area contributed by atoms with E-state index in [0.717, 1.165) is 10.2 Å². The molecule has 0 atom stereocenters. The predicted molar refractivity (Wildman–Crippen MR) is 81.5 cm³/mol. The van der Waals surface area contributed by atoms with Gasteiger partial charge in [-0.1, -0.05) is 0 Å². The van der Waals surface area contributed by atoms with E-state index in [-0.39, 0.29) is 0 Å². The monoisotopic (exact) mass is 397 g/mol. The summed E-state index contributed by atoms with van der Waals surface area (Å²) in [6.45, 7) is 0. The van der Waals surface area contributed by atoms with Crippen LogP contribution in [0.1, 0.15) is 0 Å². The van der Waals surface area contributed by atoms with Crippen molar-refractivity contribution in [3.05, 3.63) is 45.9 Å². The first-order chi connectivity index (χ1) is 9.67. The van der Waals surface area contributed by atoms with E-state index in [9.17, 15) is 0 Å². The molecule has 102 valence electrons. The molecule has 7 heteroatoms. The van der Waals surface area contributed by atoms with Crippen molar-refractivity contribution in [3.8, 4) is 17.4 Å². The lowest BCUT2D eigenvalue weighted by molar-refractivity contribution is 0.411. The van der Waals surface area contributed by atoms with Crippen LogP contribution in [-0.4, -0.2) is 21.5 Å². The molecule has 0 spiro atoms. The van der Waals surface area contributed by atoms with E-state index >= 15 is 0 Å². The normalized spacial score (nSPS) is 10.8. The van der Waals surface area contributed by atoms with Crippen LogP contribution in [-0.2, 0) is 0 Å². The molecule has 0 unspecified atom stereocenters. The fourth-order valence-corrected chi connectivity index (χ4v) is 2.56. The van der Waals surface area contributed by atoms with Crippen LogP contribution >= 0.6 is 31.9 Å². The Bertz CT molecular complexity index is 773. The van der Waals surface area contributed by atoms with Gasteiger partial charge < -0.3 is 9.47 Å². The molecule has 0 N–H and O–H groups in total. The molecule has 5 nitrogen and oxygen atoms in total. The van der Waals surface area contributed by atoms with Gasteiger partial charge in [0.2, 0.25) is 5.65 Å². The lowest BCUT2D eigenvalue weighted by Crippen LogP contribution is -1.95. The maximum absolute atomic E-state index is 5.83. The molecule has 20 heavy (non-hydrogen) atoms. The van der Waals surface area contributed by atoms with Crippen LogP contribution in [0.4, 0.5) is 0 Å². The van der Waals surface area contributed by atoms with Crippen LogP contribution in [0.2, 0.25) is 0 Å². The first-order valence-electron chi connectivity index (χ1n) is 5.68. The topological polar surface area (TPSA) is 48.7 Å². The fourth-order valence-electron chi connectivity index (χ4n) is 1.74. The molecule has 0 amide bonds. The summed E-state index contributed by atoms with van der Waals surface area (Å²) in [4.78, 5) is 8.55. The molecule has 0 saturated heterocycles. The van der Waals surface area contributed by atoms with Crippen molar-refractivity contribution in [2.45, 2.75) is 0 Å². The molecule has 3 aromatic rings. The molecule has 2 heterocycles. The molecule has 0 radical (unpaired) electrons. The molecule has 1 aromatic carbocycles. The SMILES string of the molecule is COc1ccc(Oc2nc(Br)cn3ccnc23)c(Br)c1. The van der Waals surface area contributed by atoms with E-state index in [1.54, 1.807) is 13.3 Å². The van der Waals surface area contributed by atoms with Gasteiger partial charge in [-0.05, 0) is 50.1 Å². The summed E-state index contributed by atoms with van der Waals surface area (Å²) in [5.74, 6) is 1.81. The third-order valence-electron chi connectivity index (χ3n) is 2.66. The molecule has 0 aliphatic carbocycles. The third-order valence-corrected chi connectivity index (χ3v) is 3.66. The number of rotatable bonds is 3. The van der Waals surface area contributed by atoms with Crippen LogP contribution in [0.5, 0.6) is 17.4 Å². The zero-order valence-corrected chi connectivity index (χ0v) is 13.6. The molecule has 3 rings (SSSR count). The number of nitrogens with zero attached hydrogens (tertiary/aromatic N) is 3. The van der Waals surface area contributed by atoms with Gasteiger partial charge in [-0.25, -0.2) is 9.97 Å². The van der Waals surface area contributed by atoms with Gasteiger partial charge in [0.1, 0.15) is 16.1 Å². The Morgan fingerprint density at radius 1 is 1.25 bits per heavy atom. The van der Waals surface area contributed by atoms with Gasteiger partial charge in [-0.3, -0.25) is 4.40 Å². The average molecular weight is 399 g/mol. The number of hydrogen-bond donors (Lipinski definition) is 0. The van der Waals surface area contributed by atoms with Crippen molar-refractivity contribution < 1.29 is 9.47 Å². The second kappa shape index (κ2) is 5.41. The quantitative estimate of drug-likeness (QED) is 0.667. The van der Waals surface area contributed by atoms with Crippen molar-refractivity contribution in [2.75, 3.05) is 7.11 Å². The molecule has 0 bridgehead atoms. The van der Waals surface area contributed by atoms with E-state index in [2.05, 4.69) is 41.8 Å². The number of ether oxygens (including phenoxy) is 2. The Morgan fingerprint density at radius 2 is 2.10 bits per heavy atom. The molecular formula is C13H9Br2N3O2. The minimum atomic E-state index is 0.426. The van der Waals surface area contributed by atoms with Crippen molar-refractivity contribution in [3.63, 3.8) is 0 Å². The predicted octanol–water partition coefficient (Wildman–Crippen LogP) is 4.06. The van der Waals surface area contributed by atoms with Gasteiger partial charge in [0.25, 0.3) is 5.88 Å². The summed E-state index contributed by atoms with van der Waals surface area (Å²) in [6.07, 6.45) is 5.34. The number of hydrogen-bond acceptors (Lipinski definition) is 4. The summed E-state index contributed by atoms with van der Waals surface area (Å²) in [6, 6.07) is 5.46. The number of halogens is 2. The van der Waals surface area contributed by atoms with E-state index in [1.807, 2.05) is 35.0 Å². The van der Waals surface area contributed by atoms with Crippen molar-refractivity contribution in [2.24, 2.45) is 0 Å². The summed E-state index contributed by atoms with van der Waals surface area (Å²) >= 11 is 6.80. The van der Waals surface area contributed by atoms with Crippen LogP contribution < -0.4 is 9.47 Å². The van der Waals surface area contributed by atoms with Crippen molar-refractivity contribution >= 4 is 37.5 Å². The van der Waals surface area contributed by atoms with Gasteiger partial charge in [0.15, 0.2) is 0 Å². The highest BCUT2D eigenvalue weighted by Crippen LogP contribution is 2.33. The van der Waals surface area contributed by atoms with E-state index in [1.165, 1.54) is 0 Å². The highest BCUT2D eigenvalue weighted by molar-refractivity contribution is 9.10. The van der Waals surface area contributed by atoms with Gasteiger partial charge in [0, 0.05) is 18.6 Å². The number of imidazole rings is 1. The first kappa shape index (κ1) is 13.4. The summed E-state index contributed by atoms with van der Waals surface area (Å²) in [7, 11) is 1.62. The Kier molecular flexibility index (Phi) is 3.62. The summed E-state index contributed by atoms with van der Waals surface area (Å²) in [5, 5.41) is 0. The van der Waals surface area contributed by atoms with Crippen LogP contribution in [0, 0.1) is 0 Å². The highest BCUT2D eigenvalue weighted by atomic mass is 79.9. The Balaban J connectivity index is 2.03. The minimum absolute atomic E-state index is 0.426. The molecule has 2 aromatic heterocycles. The van der Waals surface area contributed by atoms with Gasteiger partial charge in [0.05, 0.1) is 11.6 Å². The van der Waals surface area contributed by atoms with E-state index in [4.69, 9.17) is 9.47 Å². The molecule has 0 aliphatic rings. The second-order valence-corrected chi connectivity index (χ2v) is 5.59. The third kappa shape index (κ3) is 2.51. The fraction of sp³-hybridized carbons (Fsp3) is 0.0769. The van der Waals surface area contributed by atoms with Gasteiger partial charge in [-0.15, -0.1) is 0 Å². The number of fused-ring (bicyclic) bond motifs is 1. The molecule has 0 aliphatic heterocycles. The standard InChI is InChI=1S/C13H9Br2N3O2/c1-19-8-2-3-10(9(14)6-8)20-13-12-16-4-5-18(12)7-11(15)17-13/h2-7H,1H3. The van der Waals surface area contributed by atoms with Crippen LogP contribution in [0.3, 0.4) is 0 Å². The number of benzene rings is 1. The Hall–Kier alpha value is -1.60. The van der Waals surface area contributed by atoms with E-state index in [0.29, 0.717) is 21.9 Å². The summed E-state index contributed by atoms with van der Waals surface area (Å²) in [5.41, 5.74) is 0.649. The van der Waals surface area contributed by atoms with Crippen LogP contribution in [0.15, 0.2) is 45.9 Å². The van der Waals surface area contributed by atoms with E-state index < -0.39 is 0 Å². The lowest BCUT2D eigenvalue weighted by atomic mass is 10.3. The maximum atomic E-state index is 5.83. The van der Waals surface area contributed by atoms with Crippen molar-refractivity contribution in [1.29, 1.82) is 0 Å². The largest absolute Gasteiger partial charge is 0.497 e. The average Bonchev–Trinajstić information content (AvgIpc) is 2.89. The molecule has 0 saturated carbocycles. The summed E-state index contributed by atoms with van der Waals surface area (Å²) < 4.78 is 14.3. The zero-order chi connectivity index (χ0) is 14.1. The molecule has 0 fully saturated rings. The van der Waals surface area contributed by atoms with Gasteiger partial charge in [-0.2, -0.15) is 0 Å². The first-order valence-corrected chi connectivity index (χ1v) is 7.26. The zero-order valence-electron chi connectivity index (χ0n) is 10.4. The molecular weight excluding hydrogens is 390 g/mol.